The summed E-state index contributed by atoms with van der Waals surface area (Å²) in [5.74, 6) is 0.785. The summed E-state index contributed by atoms with van der Waals surface area (Å²) in [4.78, 5) is 25.3. The first-order chi connectivity index (χ1) is 12.8. The van der Waals surface area contributed by atoms with Crippen molar-refractivity contribution in [3.8, 4) is 0 Å². The second-order valence-electron chi connectivity index (χ2n) is 8.50. The van der Waals surface area contributed by atoms with E-state index >= 15 is 0 Å². The molecule has 0 radical (unpaired) electrons. The average molecular weight is 372 g/mol. The van der Waals surface area contributed by atoms with E-state index in [0.717, 1.165) is 24.8 Å². The summed E-state index contributed by atoms with van der Waals surface area (Å²) in [6.45, 7) is 9.39. The summed E-state index contributed by atoms with van der Waals surface area (Å²) in [6, 6.07) is 9.21. The van der Waals surface area contributed by atoms with Gasteiger partial charge >= 0.3 is 6.09 Å². The minimum Gasteiger partial charge on any atom is -0.444 e. The molecule has 1 aromatic rings. The highest BCUT2D eigenvalue weighted by Crippen LogP contribution is 2.33. The van der Waals surface area contributed by atoms with E-state index < -0.39 is 17.7 Å². The van der Waals surface area contributed by atoms with Crippen molar-refractivity contribution in [3.05, 3.63) is 48.6 Å². The van der Waals surface area contributed by atoms with Crippen LogP contribution in [0.25, 0.3) is 0 Å². The lowest BCUT2D eigenvalue weighted by molar-refractivity contribution is -0.122. The minimum atomic E-state index is -0.596. The molecule has 1 amide bonds. The third-order valence-corrected chi connectivity index (χ3v) is 5.10. The lowest BCUT2D eigenvalue weighted by atomic mass is 9.76. The SMILES string of the molecule is C=C[C@@H]1CCCC[C@@H]1CC(=O)[C@H](Cc1ccccc1)NC(=O)OC(C)(C)C. The highest BCUT2D eigenvalue weighted by atomic mass is 16.6. The number of hydrogen-bond donors (Lipinski definition) is 1. The zero-order valence-corrected chi connectivity index (χ0v) is 16.9. The van der Waals surface area contributed by atoms with E-state index in [1.807, 2.05) is 57.2 Å². The number of carbonyl (C=O) groups excluding carboxylic acids is 2. The Kier molecular flexibility index (Phi) is 7.64. The molecule has 0 heterocycles. The first-order valence-corrected chi connectivity index (χ1v) is 9.97. The van der Waals surface area contributed by atoms with E-state index in [1.165, 1.54) is 6.42 Å². The summed E-state index contributed by atoms with van der Waals surface area (Å²) in [5.41, 5.74) is 0.428. The topological polar surface area (TPSA) is 55.4 Å². The number of amides is 1. The van der Waals surface area contributed by atoms with E-state index in [-0.39, 0.29) is 5.78 Å². The van der Waals surface area contributed by atoms with Crippen LogP contribution in [-0.4, -0.2) is 23.5 Å². The molecular formula is C23H33NO3. The second-order valence-corrected chi connectivity index (χ2v) is 8.50. The molecule has 27 heavy (non-hydrogen) atoms. The summed E-state index contributed by atoms with van der Waals surface area (Å²) in [5, 5.41) is 2.81. The van der Waals surface area contributed by atoms with Gasteiger partial charge < -0.3 is 10.1 Å². The van der Waals surface area contributed by atoms with E-state index in [0.29, 0.717) is 24.7 Å². The van der Waals surface area contributed by atoms with Gasteiger partial charge in [0.1, 0.15) is 5.60 Å². The first-order valence-electron chi connectivity index (χ1n) is 9.97. The molecule has 4 nitrogen and oxygen atoms in total. The number of ketones is 1. The van der Waals surface area contributed by atoms with E-state index in [2.05, 4.69) is 11.9 Å². The monoisotopic (exact) mass is 371 g/mol. The number of allylic oxidation sites excluding steroid dienone is 1. The highest BCUT2D eigenvalue weighted by Gasteiger charge is 2.30. The van der Waals surface area contributed by atoms with Crippen molar-refractivity contribution < 1.29 is 14.3 Å². The Bertz CT molecular complexity index is 633. The predicted molar refractivity (Wildman–Crippen MR) is 109 cm³/mol. The van der Waals surface area contributed by atoms with Crippen LogP contribution in [0.3, 0.4) is 0 Å². The summed E-state index contributed by atoms with van der Waals surface area (Å²) in [7, 11) is 0. The molecule has 4 heteroatoms. The van der Waals surface area contributed by atoms with Crippen LogP contribution < -0.4 is 5.32 Å². The van der Waals surface area contributed by atoms with Crippen LogP contribution in [0.1, 0.15) is 58.4 Å². The van der Waals surface area contributed by atoms with Crippen LogP contribution in [0.15, 0.2) is 43.0 Å². The van der Waals surface area contributed by atoms with Gasteiger partial charge in [0.15, 0.2) is 5.78 Å². The minimum absolute atomic E-state index is 0.0727. The van der Waals surface area contributed by atoms with Crippen LogP contribution >= 0.6 is 0 Å². The standard InChI is InChI=1S/C23H33NO3/c1-5-18-13-9-10-14-19(18)16-21(25)20(15-17-11-7-6-8-12-17)24-22(26)27-23(2,3)4/h5-8,11-12,18-20H,1,9-10,13-16H2,2-4H3,(H,24,26)/t18-,19-,20+/m1/s1. The fraction of sp³-hybridized carbons (Fsp3) is 0.565. The van der Waals surface area contributed by atoms with Gasteiger partial charge in [-0.2, -0.15) is 0 Å². The van der Waals surface area contributed by atoms with Crippen molar-refractivity contribution in [1.29, 1.82) is 0 Å². The van der Waals surface area contributed by atoms with Gasteiger partial charge in [-0.15, -0.1) is 6.58 Å². The Morgan fingerprint density at radius 3 is 2.52 bits per heavy atom. The smallest absolute Gasteiger partial charge is 0.408 e. The molecule has 0 spiro atoms. The maximum atomic E-state index is 13.1. The molecule has 0 bridgehead atoms. The molecule has 0 aromatic heterocycles. The van der Waals surface area contributed by atoms with Crippen LogP contribution in [0.2, 0.25) is 0 Å². The third-order valence-electron chi connectivity index (χ3n) is 5.10. The van der Waals surface area contributed by atoms with E-state index in [4.69, 9.17) is 4.74 Å². The van der Waals surface area contributed by atoms with Gasteiger partial charge in [0.25, 0.3) is 0 Å². The number of alkyl carbamates (subject to hydrolysis) is 1. The molecule has 0 unspecified atom stereocenters. The third kappa shape index (κ3) is 7.20. The van der Waals surface area contributed by atoms with Gasteiger partial charge in [0.05, 0.1) is 6.04 Å². The number of Topliss-reactive ketones (excluding diaryl/α,β-unsaturated/α-hetero) is 1. The Hall–Kier alpha value is -2.10. The van der Waals surface area contributed by atoms with Gasteiger partial charge in [-0.3, -0.25) is 4.79 Å². The second kappa shape index (κ2) is 9.72. The van der Waals surface area contributed by atoms with Crippen molar-refractivity contribution in [2.45, 2.75) is 70.9 Å². The molecule has 0 aliphatic heterocycles. The van der Waals surface area contributed by atoms with Crippen molar-refractivity contribution in [1.82, 2.24) is 5.32 Å². The summed E-state index contributed by atoms with van der Waals surface area (Å²) < 4.78 is 5.37. The predicted octanol–water partition coefficient (Wildman–Crippen LogP) is 5.07. The van der Waals surface area contributed by atoms with Gasteiger partial charge in [-0.1, -0.05) is 49.2 Å². The van der Waals surface area contributed by atoms with Crippen LogP contribution in [0, 0.1) is 11.8 Å². The number of ether oxygens (including phenoxy) is 1. The lowest BCUT2D eigenvalue weighted by Gasteiger charge is -2.30. The number of rotatable bonds is 7. The van der Waals surface area contributed by atoms with E-state index in [1.54, 1.807) is 0 Å². The van der Waals surface area contributed by atoms with Gasteiger partial charge in [0, 0.05) is 6.42 Å². The Morgan fingerprint density at radius 2 is 1.89 bits per heavy atom. The number of hydrogen-bond acceptors (Lipinski definition) is 3. The highest BCUT2D eigenvalue weighted by molar-refractivity contribution is 5.88. The molecule has 148 valence electrons. The maximum absolute atomic E-state index is 13.1. The molecular weight excluding hydrogens is 338 g/mol. The van der Waals surface area contributed by atoms with Crippen molar-refractivity contribution >= 4 is 11.9 Å². The first kappa shape index (κ1) is 21.2. The molecule has 1 aliphatic carbocycles. The van der Waals surface area contributed by atoms with Gasteiger partial charge in [-0.05, 0) is 57.4 Å². The zero-order valence-electron chi connectivity index (χ0n) is 16.9. The summed E-state index contributed by atoms with van der Waals surface area (Å²) >= 11 is 0. The number of benzene rings is 1. The maximum Gasteiger partial charge on any atom is 0.408 e. The fourth-order valence-corrected chi connectivity index (χ4v) is 3.75. The lowest BCUT2D eigenvalue weighted by Crippen LogP contribution is -2.45. The average Bonchev–Trinajstić information content (AvgIpc) is 2.61. The Balaban J connectivity index is 2.08. The zero-order chi connectivity index (χ0) is 19.9. The quantitative estimate of drug-likeness (QED) is 0.681. The molecule has 1 N–H and O–H groups in total. The summed E-state index contributed by atoms with van der Waals surface area (Å²) in [6.07, 6.45) is 6.91. The Labute approximate surface area is 163 Å². The molecule has 2 rings (SSSR count). The fourth-order valence-electron chi connectivity index (χ4n) is 3.75. The molecule has 1 saturated carbocycles. The van der Waals surface area contributed by atoms with Crippen LogP contribution in [0.4, 0.5) is 4.79 Å². The van der Waals surface area contributed by atoms with E-state index in [9.17, 15) is 9.59 Å². The van der Waals surface area contributed by atoms with Gasteiger partial charge in [0.2, 0.25) is 0 Å². The van der Waals surface area contributed by atoms with Gasteiger partial charge in [-0.25, -0.2) is 4.79 Å². The van der Waals surface area contributed by atoms with Crippen LogP contribution in [-0.2, 0) is 16.0 Å². The van der Waals surface area contributed by atoms with Crippen molar-refractivity contribution in [2.24, 2.45) is 11.8 Å². The molecule has 0 saturated heterocycles. The van der Waals surface area contributed by atoms with Crippen LogP contribution in [0.5, 0.6) is 0 Å². The van der Waals surface area contributed by atoms with Crippen molar-refractivity contribution in [2.75, 3.05) is 0 Å². The Morgan fingerprint density at radius 1 is 1.22 bits per heavy atom. The molecule has 1 fully saturated rings. The van der Waals surface area contributed by atoms with Crippen molar-refractivity contribution in [3.63, 3.8) is 0 Å². The number of carbonyl (C=O) groups is 2. The normalized spacial score (nSPS) is 21.1. The molecule has 1 aromatic carbocycles. The molecule has 1 aliphatic rings. The molecule has 3 atom stereocenters. The number of nitrogens with one attached hydrogen (secondary N) is 1. The largest absolute Gasteiger partial charge is 0.444 e.